The first-order valence-electron chi connectivity index (χ1n) is 21.4. The fourth-order valence-corrected chi connectivity index (χ4v) is 6.62. The minimum Gasteiger partial charge on any atom is -0.444 e. The molecule has 0 aliphatic rings. The SMILES string of the molecule is CC(CCN(C)C(=O)OC(C)(C)C)c1ccc(-n2cc(-c3ccnc(N)c3N)cn2)nc1.CC(CCN(C)C(=O)OC(C)(C)C)c1ccc(-n2cc(-c3ccnc4nc[nH]c34)cn2)nc1. The van der Waals surface area contributed by atoms with E-state index in [-0.39, 0.29) is 24.0 Å². The van der Waals surface area contributed by atoms with E-state index in [1.807, 2.05) is 90.6 Å². The number of nitrogens with two attached hydrogens (primary N) is 2. The van der Waals surface area contributed by atoms with Crippen LogP contribution in [-0.4, -0.2) is 110 Å². The number of carbonyl (C=O) groups is 2. The van der Waals surface area contributed by atoms with Gasteiger partial charge in [0, 0.05) is 86.6 Å². The molecule has 65 heavy (non-hydrogen) atoms. The molecule has 0 fully saturated rings. The third kappa shape index (κ3) is 12.4. The van der Waals surface area contributed by atoms with E-state index in [0.29, 0.717) is 36.1 Å². The van der Waals surface area contributed by atoms with E-state index >= 15 is 0 Å². The number of aromatic nitrogens is 10. The molecule has 7 rings (SSSR count). The Morgan fingerprint density at radius 1 is 0.662 bits per heavy atom. The Morgan fingerprint density at radius 3 is 1.62 bits per heavy atom. The third-order valence-corrected chi connectivity index (χ3v) is 10.5. The molecule has 2 atom stereocenters. The van der Waals surface area contributed by atoms with Crippen LogP contribution in [0, 0.1) is 0 Å². The average Bonchev–Trinajstić information content (AvgIpc) is 4.07. The molecule has 7 aromatic rings. The molecule has 2 unspecified atom stereocenters. The number of hydrogen-bond acceptors (Lipinski definition) is 13. The van der Waals surface area contributed by atoms with Crippen LogP contribution >= 0.6 is 0 Å². The Bertz CT molecular complexity index is 2680. The van der Waals surface area contributed by atoms with Crippen LogP contribution in [0.5, 0.6) is 0 Å². The summed E-state index contributed by atoms with van der Waals surface area (Å²) in [6, 6.07) is 11.7. The first-order valence-corrected chi connectivity index (χ1v) is 21.4. The maximum Gasteiger partial charge on any atom is 0.410 e. The summed E-state index contributed by atoms with van der Waals surface area (Å²) in [6.07, 6.45) is 17.0. The molecule has 0 aliphatic heterocycles. The monoisotopic (exact) mass is 884 g/mol. The molecule has 7 aromatic heterocycles. The number of ether oxygens (including phenoxy) is 2. The summed E-state index contributed by atoms with van der Waals surface area (Å²) in [5.74, 6) is 2.20. The summed E-state index contributed by atoms with van der Waals surface area (Å²) in [6.45, 7) is 16.6. The first kappa shape index (κ1) is 47.1. The Balaban J connectivity index is 0.000000216. The Labute approximate surface area is 379 Å². The third-order valence-electron chi connectivity index (χ3n) is 10.5. The number of pyridine rings is 4. The molecule has 0 aliphatic carbocycles. The summed E-state index contributed by atoms with van der Waals surface area (Å²) in [4.78, 5) is 52.2. The highest BCUT2D eigenvalue weighted by atomic mass is 16.6. The normalized spacial score (nSPS) is 12.5. The van der Waals surface area contributed by atoms with Gasteiger partial charge in [0.1, 0.15) is 17.0 Å². The molecule has 0 bridgehead atoms. The minimum absolute atomic E-state index is 0.231. The summed E-state index contributed by atoms with van der Waals surface area (Å²) in [5.41, 5.74) is 18.6. The zero-order valence-corrected chi connectivity index (χ0v) is 38.9. The van der Waals surface area contributed by atoms with E-state index < -0.39 is 11.2 Å². The number of nitrogens with one attached hydrogen (secondary N) is 1. The predicted molar refractivity (Wildman–Crippen MR) is 251 cm³/mol. The summed E-state index contributed by atoms with van der Waals surface area (Å²) < 4.78 is 14.3. The van der Waals surface area contributed by atoms with Gasteiger partial charge in [-0.05, 0) is 102 Å². The number of fused-ring (bicyclic) bond motifs is 1. The number of aromatic amines is 1. The molecular formula is C47H60N14O4. The van der Waals surface area contributed by atoms with Crippen molar-refractivity contribution in [2.24, 2.45) is 0 Å². The summed E-state index contributed by atoms with van der Waals surface area (Å²) >= 11 is 0. The van der Waals surface area contributed by atoms with Gasteiger partial charge < -0.3 is 35.7 Å². The zero-order chi connectivity index (χ0) is 47.1. The van der Waals surface area contributed by atoms with Crippen molar-refractivity contribution in [1.29, 1.82) is 0 Å². The Hall–Kier alpha value is -7.37. The Morgan fingerprint density at radius 2 is 1.14 bits per heavy atom. The van der Waals surface area contributed by atoms with Crippen molar-refractivity contribution in [3.8, 4) is 33.9 Å². The average molecular weight is 885 g/mol. The summed E-state index contributed by atoms with van der Waals surface area (Å²) in [7, 11) is 3.51. The molecule has 0 radical (unpaired) electrons. The largest absolute Gasteiger partial charge is 0.444 e. The van der Waals surface area contributed by atoms with Gasteiger partial charge in [0.05, 0.1) is 29.9 Å². The van der Waals surface area contributed by atoms with Crippen molar-refractivity contribution in [2.45, 2.75) is 91.3 Å². The highest BCUT2D eigenvalue weighted by Crippen LogP contribution is 2.30. The lowest BCUT2D eigenvalue weighted by molar-refractivity contribution is 0.0284. The van der Waals surface area contributed by atoms with Crippen molar-refractivity contribution in [3.63, 3.8) is 0 Å². The van der Waals surface area contributed by atoms with Gasteiger partial charge in [0.25, 0.3) is 0 Å². The number of carbonyl (C=O) groups excluding carboxylic acids is 2. The van der Waals surface area contributed by atoms with Crippen molar-refractivity contribution in [2.75, 3.05) is 38.7 Å². The van der Waals surface area contributed by atoms with Gasteiger partial charge in [-0.1, -0.05) is 26.0 Å². The van der Waals surface area contributed by atoms with Crippen LogP contribution in [0.2, 0.25) is 0 Å². The van der Waals surface area contributed by atoms with Crippen LogP contribution in [0.25, 0.3) is 45.1 Å². The molecule has 18 nitrogen and oxygen atoms in total. The van der Waals surface area contributed by atoms with Gasteiger partial charge in [-0.2, -0.15) is 10.2 Å². The van der Waals surface area contributed by atoms with Crippen molar-refractivity contribution < 1.29 is 19.1 Å². The van der Waals surface area contributed by atoms with E-state index in [9.17, 15) is 9.59 Å². The van der Waals surface area contributed by atoms with Crippen LogP contribution in [0.3, 0.4) is 0 Å². The van der Waals surface area contributed by atoms with Gasteiger partial charge in [-0.3, -0.25) is 0 Å². The quantitative estimate of drug-likeness (QED) is 0.105. The minimum atomic E-state index is -0.501. The van der Waals surface area contributed by atoms with Crippen LogP contribution in [0.1, 0.15) is 91.2 Å². The number of imidazole rings is 1. The molecule has 0 saturated carbocycles. The van der Waals surface area contributed by atoms with Crippen LogP contribution in [0.15, 0.2) is 92.3 Å². The molecule has 0 aromatic carbocycles. The first-order chi connectivity index (χ1) is 30.8. The van der Waals surface area contributed by atoms with Gasteiger partial charge >= 0.3 is 12.2 Å². The molecule has 18 heteroatoms. The van der Waals surface area contributed by atoms with Crippen molar-refractivity contribution >= 4 is 34.9 Å². The molecular weight excluding hydrogens is 825 g/mol. The van der Waals surface area contributed by atoms with Gasteiger partial charge in [-0.25, -0.2) is 43.9 Å². The van der Waals surface area contributed by atoms with Crippen molar-refractivity contribution in [1.82, 2.24) is 59.3 Å². The molecule has 5 N–H and O–H groups in total. The second-order valence-electron chi connectivity index (χ2n) is 18.0. The Kier molecular flexibility index (Phi) is 14.5. The van der Waals surface area contributed by atoms with Crippen LogP contribution in [-0.2, 0) is 9.47 Å². The lowest BCUT2D eigenvalue weighted by Crippen LogP contribution is -2.35. The van der Waals surface area contributed by atoms with Crippen LogP contribution < -0.4 is 11.5 Å². The standard InChI is InChI=1S/C24H29N7O2.C23H31N7O2/c1-16(9-11-30(5)23(32)33-24(2,3)4)17-6-7-20(26-12-17)31-14-18(13-29-31)19-8-10-25-22-21(19)27-15-28-22;1-15(9-11-29(5)22(31)32-23(2,3)4)16-6-7-19(27-12-16)30-14-17(13-28-30)18-8-10-26-21(25)20(18)24/h6-8,10,12-16H,9,11H2,1-5H3,(H,25,27,28);6-8,10,12-15H,9,11,24H2,1-5H3,(H2,25,26). The van der Waals surface area contributed by atoms with E-state index in [2.05, 4.69) is 60.0 Å². The molecule has 2 amide bonds. The zero-order valence-electron chi connectivity index (χ0n) is 38.9. The topological polar surface area (TPSA) is 227 Å². The number of nitrogen functional groups attached to an aromatic ring is 2. The van der Waals surface area contributed by atoms with Gasteiger partial charge in [0.2, 0.25) is 0 Å². The maximum absolute atomic E-state index is 12.1. The highest BCUT2D eigenvalue weighted by Gasteiger charge is 2.22. The van der Waals surface area contributed by atoms with E-state index in [0.717, 1.165) is 57.6 Å². The molecule has 0 saturated heterocycles. The lowest BCUT2D eigenvalue weighted by Gasteiger charge is -2.25. The smallest absolute Gasteiger partial charge is 0.410 e. The second-order valence-corrected chi connectivity index (χ2v) is 18.0. The number of rotatable bonds is 12. The molecule has 0 spiro atoms. The number of nitrogens with zero attached hydrogens (tertiary/aromatic N) is 11. The van der Waals surface area contributed by atoms with E-state index in [4.69, 9.17) is 20.9 Å². The number of anilines is 2. The van der Waals surface area contributed by atoms with Gasteiger partial charge in [0.15, 0.2) is 17.3 Å². The highest BCUT2D eigenvalue weighted by molar-refractivity contribution is 5.89. The molecule has 7 heterocycles. The lowest BCUT2D eigenvalue weighted by atomic mass is 9.99. The van der Waals surface area contributed by atoms with E-state index in [1.54, 1.807) is 70.4 Å². The van der Waals surface area contributed by atoms with Crippen LogP contribution in [0.4, 0.5) is 21.1 Å². The number of H-pyrrole nitrogens is 1. The second kappa shape index (κ2) is 20.0. The van der Waals surface area contributed by atoms with E-state index in [1.165, 1.54) is 0 Å². The summed E-state index contributed by atoms with van der Waals surface area (Å²) in [5, 5.41) is 8.87. The van der Waals surface area contributed by atoms with Crippen molar-refractivity contribution in [3.05, 3.63) is 103 Å². The maximum atomic E-state index is 12.1. The number of hydrogen-bond donors (Lipinski definition) is 3. The fraction of sp³-hybridized carbons (Fsp3) is 0.383. The predicted octanol–water partition coefficient (Wildman–Crippen LogP) is 8.42. The number of amides is 2. The van der Waals surface area contributed by atoms with Gasteiger partial charge in [-0.15, -0.1) is 0 Å². The fourth-order valence-electron chi connectivity index (χ4n) is 6.62. The molecule has 342 valence electrons.